The molecule has 1 aromatic heterocycles. The van der Waals surface area contributed by atoms with E-state index in [0.29, 0.717) is 11.1 Å². The minimum absolute atomic E-state index is 0.0362. The Balaban J connectivity index is 1.75. The van der Waals surface area contributed by atoms with Crippen LogP contribution in [0.3, 0.4) is 0 Å². The number of carbonyl (C=O) groups is 3. The van der Waals surface area contributed by atoms with Gasteiger partial charge in [-0.25, -0.2) is 0 Å². The molecule has 2 aromatic rings. The van der Waals surface area contributed by atoms with Crippen molar-refractivity contribution in [3.63, 3.8) is 0 Å². The molecule has 22 heavy (non-hydrogen) atoms. The van der Waals surface area contributed by atoms with E-state index < -0.39 is 17.8 Å². The predicted molar refractivity (Wildman–Crippen MR) is 75.8 cm³/mol. The van der Waals surface area contributed by atoms with Crippen LogP contribution in [-0.4, -0.2) is 24.3 Å². The summed E-state index contributed by atoms with van der Waals surface area (Å²) in [6, 6.07) is 9.42. The quantitative estimate of drug-likeness (QED) is 0.768. The summed E-state index contributed by atoms with van der Waals surface area (Å²) in [6.45, 7) is -0.229. The normalized spacial score (nSPS) is 10.0. The molecule has 2 rings (SSSR count). The van der Waals surface area contributed by atoms with Gasteiger partial charge in [0.1, 0.15) is 13.2 Å². The van der Waals surface area contributed by atoms with E-state index in [2.05, 4.69) is 5.32 Å². The maximum atomic E-state index is 11.5. The molecule has 0 spiro atoms. The van der Waals surface area contributed by atoms with Gasteiger partial charge in [0.05, 0.1) is 6.26 Å². The zero-order valence-electron chi connectivity index (χ0n) is 11.6. The van der Waals surface area contributed by atoms with Crippen molar-refractivity contribution in [3.05, 3.63) is 59.5 Å². The molecular formula is C15H14N2O5. The van der Waals surface area contributed by atoms with Crippen LogP contribution in [0.25, 0.3) is 0 Å². The lowest BCUT2D eigenvalue weighted by Crippen LogP contribution is -2.30. The van der Waals surface area contributed by atoms with Crippen molar-refractivity contribution in [3.8, 4) is 0 Å². The number of esters is 1. The third kappa shape index (κ3) is 4.20. The van der Waals surface area contributed by atoms with E-state index in [4.69, 9.17) is 14.9 Å². The van der Waals surface area contributed by atoms with Crippen molar-refractivity contribution in [2.24, 2.45) is 5.73 Å². The van der Waals surface area contributed by atoms with Crippen molar-refractivity contribution in [2.45, 2.75) is 6.61 Å². The summed E-state index contributed by atoms with van der Waals surface area (Å²) < 4.78 is 9.88. The fourth-order valence-electron chi connectivity index (χ4n) is 1.63. The SMILES string of the molecule is NC(=O)c1ccc(COC(=O)CNC(=O)c2ccco2)cc1. The van der Waals surface area contributed by atoms with Crippen LogP contribution in [0.1, 0.15) is 26.5 Å². The predicted octanol–water partition coefficient (Wildman–Crippen LogP) is 0.852. The number of primary amides is 1. The molecule has 3 N–H and O–H groups in total. The number of benzene rings is 1. The topological polar surface area (TPSA) is 112 Å². The fourth-order valence-corrected chi connectivity index (χ4v) is 1.63. The Morgan fingerprint density at radius 3 is 2.45 bits per heavy atom. The van der Waals surface area contributed by atoms with Gasteiger partial charge in [-0.05, 0) is 29.8 Å². The van der Waals surface area contributed by atoms with E-state index in [-0.39, 0.29) is 18.9 Å². The number of hydrogen-bond donors (Lipinski definition) is 2. The molecule has 2 amide bonds. The van der Waals surface area contributed by atoms with Crippen molar-refractivity contribution in [2.75, 3.05) is 6.54 Å². The molecule has 1 heterocycles. The maximum Gasteiger partial charge on any atom is 0.325 e. The van der Waals surface area contributed by atoms with E-state index in [1.807, 2.05) is 0 Å². The minimum Gasteiger partial charge on any atom is -0.460 e. The van der Waals surface area contributed by atoms with Crippen LogP contribution in [0.4, 0.5) is 0 Å². The first-order valence-corrected chi connectivity index (χ1v) is 6.42. The van der Waals surface area contributed by atoms with Gasteiger partial charge in [-0.2, -0.15) is 0 Å². The lowest BCUT2D eigenvalue weighted by Gasteiger charge is -2.06. The summed E-state index contributed by atoms with van der Waals surface area (Å²) in [4.78, 5) is 34.0. The molecule has 0 saturated carbocycles. The molecular weight excluding hydrogens is 288 g/mol. The molecule has 0 fully saturated rings. The van der Waals surface area contributed by atoms with Gasteiger partial charge in [0, 0.05) is 5.56 Å². The summed E-state index contributed by atoms with van der Waals surface area (Å²) >= 11 is 0. The smallest absolute Gasteiger partial charge is 0.325 e. The van der Waals surface area contributed by atoms with Gasteiger partial charge >= 0.3 is 5.97 Å². The Bertz CT molecular complexity index is 662. The molecule has 1 aromatic carbocycles. The van der Waals surface area contributed by atoms with Gasteiger partial charge in [0.25, 0.3) is 5.91 Å². The molecule has 0 saturated heterocycles. The number of amides is 2. The summed E-state index contributed by atoms with van der Waals surface area (Å²) in [6.07, 6.45) is 1.36. The summed E-state index contributed by atoms with van der Waals surface area (Å²) in [7, 11) is 0. The molecule has 0 radical (unpaired) electrons. The van der Waals surface area contributed by atoms with Gasteiger partial charge in [-0.1, -0.05) is 12.1 Å². The zero-order chi connectivity index (χ0) is 15.9. The lowest BCUT2D eigenvalue weighted by molar-refractivity contribution is -0.143. The van der Waals surface area contributed by atoms with Crippen LogP contribution < -0.4 is 11.1 Å². The molecule has 7 heteroatoms. The molecule has 0 aliphatic rings. The average Bonchev–Trinajstić information content (AvgIpc) is 3.05. The largest absolute Gasteiger partial charge is 0.460 e. The highest BCUT2D eigenvalue weighted by molar-refractivity contribution is 5.93. The van der Waals surface area contributed by atoms with Crippen LogP contribution in [-0.2, 0) is 16.1 Å². The zero-order valence-corrected chi connectivity index (χ0v) is 11.6. The third-order valence-corrected chi connectivity index (χ3v) is 2.78. The van der Waals surface area contributed by atoms with Gasteiger partial charge in [0.2, 0.25) is 5.91 Å². The second-order valence-corrected chi connectivity index (χ2v) is 4.38. The number of rotatable bonds is 6. The van der Waals surface area contributed by atoms with Gasteiger partial charge in [0.15, 0.2) is 5.76 Å². The van der Waals surface area contributed by atoms with Crippen molar-refractivity contribution >= 4 is 17.8 Å². The van der Waals surface area contributed by atoms with Gasteiger partial charge in [-0.3, -0.25) is 14.4 Å². The highest BCUT2D eigenvalue weighted by Gasteiger charge is 2.11. The lowest BCUT2D eigenvalue weighted by atomic mass is 10.1. The van der Waals surface area contributed by atoms with Crippen LogP contribution in [0.5, 0.6) is 0 Å². The average molecular weight is 302 g/mol. The highest BCUT2D eigenvalue weighted by Crippen LogP contribution is 2.05. The summed E-state index contributed by atoms with van der Waals surface area (Å²) in [5.41, 5.74) is 6.20. The fraction of sp³-hybridized carbons (Fsp3) is 0.133. The molecule has 0 unspecified atom stereocenters. The number of nitrogens with two attached hydrogens (primary N) is 1. The Morgan fingerprint density at radius 2 is 1.86 bits per heavy atom. The number of ether oxygens (including phenoxy) is 1. The van der Waals surface area contributed by atoms with Gasteiger partial charge in [-0.15, -0.1) is 0 Å². The second kappa shape index (κ2) is 7.07. The minimum atomic E-state index is -0.584. The molecule has 0 atom stereocenters. The van der Waals surface area contributed by atoms with Crippen LogP contribution >= 0.6 is 0 Å². The van der Waals surface area contributed by atoms with E-state index in [1.54, 1.807) is 30.3 Å². The number of carbonyl (C=O) groups excluding carboxylic acids is 3. The van der Waals surface area contributed by atoms with Crippen LogP contribution in [0.15, 0.2) is 47.1 Å². The Labute approximate surface area is 126 Å². The van der Waals surface area contributed by atoms with E-state index >= 15 is 0 Å². The first kappa shape index (κ1) is 15.3. The maximum absolute atomic E-state index is 11.5. The Hall–Kier alpha value is -3.09. The van der Waals surface area contributed by atoms with E-state index in [0.717, 1.165) is 0 Å². The van der Waals surface area contributed by atoms with Crippen molar-refractivity contribution in [1.82, 2.24) is 5.32 Å². The molecule has 114 valence electrons. The van der Waals surface area contributed by atoms with Crippen LogP contribution in [0.2, 0.25) is 0 Å². The standard InChI is InChI=1S/C15H14N2O5/c16-14(19)11-5-3-10(4-6-11)9-22-13(18)8-17-15(20)12-2-1-7-21-12/h1-7H,8-9H2,(H2,16,19)(H,17,20). The van der Waals surface area contributed by atoms with Gasteiger partial charge < -0.3 is 20.2 Å². The molecule has 7 nitrogen and oxygen atoms in total. The van der Waals surface area contributed by atoms with Crippen molar-refractivity contribution < 1.29 is 23.5 Å². The highest BCUT2D eigenvalue weighted by atomic mass is 16.5. The van der Waals surface area contributed by atoms with E-state index in [9.17, 15) is 14.4 Å². The summed E-state index contributed by atoms with van der Waals surface area (Å²) in [5.74, 6) is -1.48. The molecule has 0 aliphatic carbocycles. The first-order valence-electron chi connectivity index (χ1n) is 6.42. The summed E-state index contributed by atoms with van der Waals surface area (Å²) in [5, 5.41) is 2.38. The molecule has 0 bridgehead atoms. The third-order valence-electron chi connectivity index (χ3n) is 2.78. The second-order valence-electron chi connectivity index (χ2n) is 4.38. The number of hydrogen-bond acceptors (Lipinski definition) is 5. The number of furan rings is 1. The first-order chi connectivity index (χ1) is 10.6. The van der Waals surface area contributed by atoms with Crippen molar-refractivity contribution in [1.29, 1.82) is 0 Å². The number of nitrogens with one attached hydrogen (secondary N) is 1. The van der Waals surface area contributed by atoms with E-state index in [1.165, 1.54) is 12.3 Å². The Kier molecular flexibility index (Phi) is 4.92. The molecule has 0 aliphatic heterocycles. The monoisotopic (exact) mass is 302 g/mol. The Morgan fingerprint density at radius 1 is 1.14 bits per heavy atom. The van der Waals surface area contributed by atoms with Crippen LogP contribution in [0, 0.1) is 0 Å².